The molecule has 1 rings (SSSR count). The lowest BCUT2D eigenvalue weighted by Crippen LogP contribution is -2.42. The Labute approximate surface area is 103 Å². The molecule has 1 aromatic carbocycles. The molecule has 1 atom stereocenters. The number of para-hydroxylation sites is 1. The van der Waals surface area contributed by atoms with Crippen LogP contribution < -0.4 is 11.1 Å². The molecule has 3 N–H and O–H groups in total. The molecule has 0 aliphatic carbocycles. The van der Waals surface area contributed by atoms with Gasteiger partial charge in [-0.1, -0.05) is 18.2 Å². The first-order valence-electron chi connectivity index (χ1n) is 5.88. The Hall–Kier alpha value is -1.55. The number of rotatable bonds is 5. The molecule has 0 spiro atoms. The van der Waals surface area contributed by atoms with Gasteiger partial charge in [0.2, 0.25) is 5.91 Å². The Kier molecular flexibility index (Phi) is 4.97. The zero-order valence-electron chi connectivity index (χ0n) is 10.7. The summed E-state index contributed by atoms with van der Waals surface area (Å²) in [6.07, 6.45) is 0. The minimum atomic E-state index is -0.195. The van der Waals surface area contributed by atoms with E-state index in [1.165, 1.54) is 0 Å². The van der Waals surface area contributed by atoms with Crippen LogP contribution in [0.5, 0.6) is 0 Å². The van der Waals surface area contributed by atoms with Crippen LogP contribution in [0.4, 0.5) is 5.69 Å². The van der Waals surface area contributed by atoms with Gasteiger partial charge in [0, 0.05) is 25.8 Å². The average molecular weight is 235 g/mol. The predicted molar refractivity (Wildman–Crippen MR) is 70.5 cm³/mol. The second-order valence-corrected chi connectivity index (χ2v) is 4.15. The molecule has 17 heavy (non-hydrogen) atoms. The van der Waals surface area contributed by atoms with Gasteiger partial charge in [-0.2, -0.15) is 0 Å². The molecule has 0 saturated carbocycles. The monoisotopic (exact) mass is 235 g/mol. The minimum Gasteiger partial charge on any atom is -0.398 e. The Morgan fingerprint density at radius 2 is 2.12 bits per heavy atom. The summed E-state index contributed by atoms with van der Waals surface area (Å²) in [6.45, 7) is 5.16. The van der Waals surface area contributed by atoms with Crippen molar-refractivity contribution in [1.29, 1.82) is 0 Å². The molecule has 0 bridgehead atoms. The summed E-state index contributed by atoms with van der Waals surface area (Å²) in [5.41, 5.74) is 7.61. The molecule has 1 aromatic rings. The number of nitrogen functional groups attached to an aromatic ring is 1. The van der Waals surface area contributed by atoms with Crippen molar-refractivity contribution in [1.82, 2.24) is 10.2 Å². The average Bonchev–Trinajstić information content (AvgIpc) is 2.35. The molecular weight excluding hydrogens is 214 g/mol. The first kappa shape index (κ1) is 13.5. The maximum Gasteiger partial charge on any atom is 0.239 e. The number of benzene rings is 1. The van der Waals surface area contributed by atoms with Crippen molar-refractivity contribution in [3.05, 3.63) is 29.8 Å². The van der Waals surface area contributed by atoms with Gasteiger partial charge >= 0.3 is 0 Å². The molecule has 0 aromatic heterocycles. The van der Waals surface area contributed by atoms with Crippen LogP contribution >= 0.6 is 0 Å². The van der Waals surface area contributed by atoms with E-state index in [9.17, 15) is 4.79 Å². The molecule has 0 aliphatic rings. The summed E-state index contributed by atoms with van der Waals surface area (Å²) >= 11 is 0. The van der Waals surface area contributed by atoms with Crippen molar-refractivity contribution in [3.63, 3.8) is 0 Å². The third-order valence-electron chi connectivity index (χ3n) is 2.87. The van der Waals surface area contributed by atoms with Crippen molar-refractivity contribution < 1.29 is 4.79 Å². The number of amides is 1. The Morgan fingerprint density at radius 3 is 2.71 bits per heavy atom. The highest BCUT2D eigenvalue weighted by molar-refractivity contribution is 5.81. The third-order valence-corrected chi connectivity index (χ3v) is 2.87. The van der Waals surface area contributed by atoms with Crippen molar-refractivity contribution in [2.24, 2.45) is 0 Å². The number of nitrogens with one attached hydrogen (secondary N) is 1. The highest BCUT2D eigenvalue weighted by atomic mass is 16.2. The lowest BCUT2D eigenvalue weighted by Gasteiger charge is -2.20. The topological polar surface area (TPSA) is 58.4 Å². The number of hydrogen-bond acceptors (Lipinski definition) is 3. The number of carbonyl (C=O) groups is 1. The number of nitrogens with zero attached hydrogens (tertiary/aromatic N) is 1. The first-order valence-corrected chi connectivity index (χ1v) is 5.88. The lowest BCUT2D eigenvalue weighted by atomic mass is 10.1. The van der Waals surface area contributed by atoms with Gasteiger partial charge in [0.15, 0.2) is 0 Å². The van der Waals surface area contributed by atoms with Crippen LogP contribution in [0.3, 0.4) is 0 Å². The number of anilines is 1. The van der Waals surface area contributed by atoms with Gasteiger partial charge in [0.25, 0.3) is 0 Å². The van der Waals surface area contributed by atoms with Gasteiger partial charge in [-0.15, -0.1) is 0 Å². The molecule has 4 nitrogen and oxygen atoms in total. The van der Waals surface area contributed by atoms with E-state index in [4.69, 9.17) is 5.73 Å². The number of hydrogen-bond donors (Lipinski definition) is 2. The van der Waals surface area contributed by atoms with E-state index < -0.39 is 0 Å². The van der Waals surface area contributed by atoms with Crippen LogP contribution in [-0.4, -0.2) is 30.4 Å². The number of likely N-dealkylation sites (N-methyl/N-ethyl adjacent to an activating group) is 1. The Morgan fingerprint density at radius 1 is 1.47 bits per heavy atom. The fourth-order valence-corrected chi connectivity index (χ4v) is 1.53. The molecule has 0 heterocycles. The third kappa shape index (κ3) is 3.75. The maximum absolute atomic E-state index is 11.8. The fraction of sp³-hybridized carbons (Fsp3) is 0.462. The largest absolute Gasteiger partial charge is 0.398 e. The van der Waals surface area contributed by atoms with Crippen molar-refractivity contribution >= 4 is 11.6 Å². The van der Waals surface area contributed by atoms with Crippen LogP contribution in [0.15, 0.2) is 24.3 Å². The van der Waals surface area contributed by atoms with Crippen LogP contribution in [0.2, 0.25) is 0 Å². The van der Waals surface area contributed by atoms with Crippen LogP contribution in [0, 0.1) is 0 Å². The Balaban J connectivity index is 2.51. The van der Waals surface area contributed by atoms with Gasteiger partial charge < -0.3 is 16.0 Å². The molecule has 4 heteroatoms. The molecular formula is C13H21N3O. The SMILES string of the molecule is CCN(C)C(=O)C(C)NCc1ccccc1N. The standard InChI is InChI=1S/C13H21N3O/c1-4-16(3)13(17)10(2)15-9-11-7-5-6-8-12(11)14/h5-8,10,15H,4,9,14H2,1-3H3. The molecule has 0 radical (unpaired) electrons. The number of nitrogens with two attached hydrogens (primary N) is 1. The smallest absolute Gasteiger partial charge is 0.239 e. The second kappa shape index (κ2) is 6.25. The minimum absolute atomic E-state index is 0.0991. The summed E-state index contributed by atoms with van der Waals surface area (Å²) in [5.74, 6) is 0.0991. The second-order valence-electron chi connectivity index (χ2n) is 4.15. The summed E-state index contributed by atoms with van der Waals surface area (Å²) in [6, 6.07) is 7.47. The van der Waals surface area contributed by atoms with E-state index in [-0.39, 0.29) is 11.9 Å². The molecule has 1 amide bonds. The van der Waals surface area contributed by atoms with Crippen molar-refractivity contribution in [2.45, 2.75) is 26.4 Å². The van der Waals surface area contributed by atoms with Crippen LogP contribution in [0.25, 0.3) is 0 Å². The van der Waals surface area contributed by atoms with Gasteiger partial charge in [0.05, 0.1) is 6.04 Å². The van der Waals surface area contributed by atoms with Gasteiger partial charge in [-0.05, 0) is 25.5 Å². The van der Waals surface area contributed by atoms with E-state index in [0.717, 1.165) is 17.8 Å². The molecule has 0 fully saturated rings. The molecule has 0 saturated heterocycles. The van der Waals surface area contributed by atoms with E-state index in [2.05, 4.69) is 5.32 Å². The fourth-order valence-electron chi connectivity index (χ4n) is 1.53. The molecule has 0 aliphatic heterocycles. The predicted octanol–water partition coefficient (Wildman–Crippen LogP) is 1.23. The number of carbonyl (C=O) groups excluding carboxylic acids is 1. The molecule has 1 unspecified atom stereocenters. The zero-order chi connectivity index (χ0) is 12.8. The summed E-state index contributed by atoms with van der Waals surface area (Å²) < 4.78 is 0. The highest BCUT2D eigenvalue weighted by Crippen LogP contribution is 2.10. The van der Waals surface area contributed by atoms with Crippen molar-refractivity contribution in [3.8, 4) is 0 Å². The van der Waals surface area contributed by atoms with Crippen molar-refractivity contribution in [2.75, 3.05) is 19.3 Å². The summed E-state index contributed by atoms with van der Waals surface area (Å²) in [7, 11) is 1.80. The van der Waals surface area contributed by atoms with Crippen LogP contribution in [-0.2, 0) is 11.3 Å². The van der Waals surface area contributed by atoms with E-state index in [1.807, 2.05) is 38.1 Å². The van der Waals surface area contributed by atoms with Gasteiger partial charge in [0.1, 0.15) is 0 Å². The highest BCUT2D eigenvalue weighted by Gasteiger charge is 2.15. The van der Waals surface area contributed by atoms with E-state index >= 15 is 0 Å². The quantitative estimate of drug-likeness (QED) is 0.755. The summed E-state index contributed by atoms with van der Waals surface area (Å²) in [4.78, 5) is 13.5. The van der Waals surface area contributed by atoms with E-state index in [0.29, 0.717) is 6.54 Å². The first-order chi connectivity index (χ1) is 8.06. The van der Waals surface area contributed by atoms with Gasteiger partial charge in [-0.3, -0.25) is 4.79 Å². The van der Waals surface area contributed by atoms with Crippen LogP contribution in [0.1, 0.15) is 19.4 Å². The Bertz CT molecular complexity index is 379. The van der Waals surface area contributed by atoms with E-state index in [1.54, 1.807) is 11.9 Å². The summed E-state index contributed by atoms with van der Waals surface area (Å²) in [5, 5.41) is 3.18. The lowest BCUT2D eigenvalue weighted by molar-refractivity contribution is -0.131. The van der Waals surface area contributed by atoms with Gasteiger partial charge in [-0.25, -0.2) is 0 Å². The molecule has 94 valence electrons. The normalized spacial score (nSPS) is 12.2. The maximum atomic E-state index is 11.8. The zero-order valence-corrected chi connectivity index (χ0v) is 10.7.